The topological polar surface area (TPSA) is 109 Å². The zero-order valence-corrected chi connectivity index (χ0v) is 7.94. The van der Waals surface area contributed by atoms with Crippen LogP contribution in [0.25, 0.3) is 11.0 Å². The molecule has 2 aromatic heterocycles. The van der Waals surface area contributed by atoms with Crippen molar-refractivity contribution in [1.82, 2.24) is 15.0 Å². The number of aromatic amines is 2. The van der Waals surface area contributed by atoms with Crippen LogP contribution in [0.5, 0.6) is 0 Å². The Bertz CT molecular complexity index is 568. The average Bonchev–Trinajstić information content (AvgIpc) is 2.58. The van der Waals surface area contributed by atoms with E-state index in [2.05, 4.69) is 24.9 Å². The highest BCUT2D eigenvalue weighted by Crippen LogP contribution is 2.10. The summed E-state index contributed by atoms with van der Waals surface area (Å²) in [6.45, 7) is 0. The Morgan fingerprint density at radius 3 is 3.20 bits per heavy atom. The number of aromatic nitrogens is 3. The van der Waals surface area contributed by atoms with Gasteiger partial charge in [0.15, 0.2) is 0 Å². The molecule has 0 radical (unpaired) electrons. The number of anilines is 1. The first-order valence-corrected chi connectivity index (χ1v) is 4.16. The van der Waals surface area contributed by atoms with Gasteiger partial charge in [-0.15, -0.1) is 0 Å². The largest absolute Gasteiger partial charge is 0.399 e. The summed E-state index contributed by atoms with van der Waals surface area (Å²) in [6, 6.07) is 0. The maximum Gasteiger partial charge on any atom is 0.262 e. The average molecular weight is 207 g/mol. The van der Waals surface area contributed by atoms with Crippen molar-refractivity contribution in [1.29, 1.82) is 0 Å². The van der Waals surface area contributed by atoms with Crippen molar-refractivity contribution >= 4 is 23.2 Å². The van der Waals surface area contributed by atoms with Crippen LogP contribution >= 0.6 is 0 Å². The van der Waals surface area contributed by atoms with Crippen molar-refractivity contribution in [3.63, 3.8) is 0 Å². The molecular weight excluding hydrogens is 198 g/mol. The van der Waals surface area contributed by atoms with Gasteiger partial charge in [0.25, 0.3) is 5.56 Å². The number of fused-ring (bicyclic) bond motifs is 1. The summed E-state index contributed by atoms with van der Waals surface area (Å²) in [5, 5.41) is 3.98. The molecule has 0 fully saturated rings. The molecule has 4 N–H and O–H groups in total. The normalized spacial score (nSPS) is 11.3. The van der Waals surface area contributed by atoms with Crippen LogP contribution in [0.15, 0.2) is 16.1 Å². The Morgan fingerprint density at radius 2 is 2.47 bits per heavy atom. The molecular formula is C8H9N5O2. The van der Waals surface area contributed by atoms with Crippen molar-refractivity contribution in [3.05, 3.63) is 22.1 Å². The minimum absolute atomic E-state index is 0.0737. The van der Waals surface area contributed by atoms with Gasteiger partial charge in [-0.1, -0.05) is 5.16 Å². The van der Waals surface area contributed by atoms with Gasteiger partial charge < -0.3 is 15.6 Å². The Hall–Kier alpha value is -2.31. The fourth-order valence-corrected chi connectivity index (χ4v) is 1.29. The van der Waals surface area contributed by atoms with E-state index in [1.165, 1.54) is 13.3 Å². The van der Waals surface area contributed by atoms with Gasteiger partial charge in [0, 0.05) is 11.8 Å². The summed E-state index contributed by atoms with van der Waals surface area (Å²) in [7, 11) is 1.42. The van der Waals surface area contributed by atoms with Crippen LogP contribution in [0.2, 0.25) is 0 Å². The summed E-state index contributed by atoms with van der Waals surface area (Å²) in [4.78, 5) is 25.2. The lowest BCUT2D eigenvalue weighted by Gasteiger charge is -1.92. The molecule has 78 valence electrons. The Kier molecular flexibility index (Phi) is 2.13. The lowest BCUT2D eigenvalue weighted by Crippen LogP contribution is -2.11. The van der Waals surface area contributed by atoms with Crippen molar-refractivity contribution < 1.29 is 4.84 Å². The molecule has 0 bridgehead atoms. The minimum Gasteiger partial charge on any atom is -0.399 e. The smallest absolute Gasteiger partial charge is 0.262 e. The second-order valence-corrected chi connectivity index (χ2v) is 2.84. The fourth-order valence-electron chi connectivity index (χ4n) is 1.29. The van der Waals surface area contributed by atoms with Gasteiger partial charge in [-0.2, -0.15) is 4.98 Å². The number of oxime groups is 1. The predicted octanol–water partition coefficient (Wildman–Crippen LogP) is -0.186. The first kappa shape index (κ1) is 9.25. The highest BCUT2D eigenvalue weighted by molar-refractivity contribution is 5.97. The summed E-state index contributed by atoms with van der Waals surface area (Å²) >= 11 is 0. The van der Waals surface area contributed by atoms with Gasteiger partial charge in [-0.05, 0) is 0 Å². The predicted molar refractivity (Wildman–Crippen MR) is 55.7 cm³/mol. The maximum atomic E-state index is 11.5. The molecule has 0 atom stereocenters. The zero-order chi connectivity index (χ0) is 10.8. The van der Waals surface area contributed by atoms with Crippen molar-refractivity contribution in [2.45, 2.75) is 0 Å². The molecule has 15 heavy (non-hydrogen) atoms. The van der Waals surface area contributed by atoms with Crippen molar-refractivity contribution in [2.24, 2.45) is 5.16 Å². The van der Waals surface area contributed by atoms with Crippen LogP contribution in [-0.4, -0.2) is 28.3 Å². The molecule has 0 aliphatic heterocycles. The quantitative estimate of drug-likeness (QED) is 0.468. The molecule has 0 spiro atoms. The molecule has 0 saturated carbocycles. The molecule has 0 aromatic carbocycles. The molecule has 0 aliphatic rings. The number of nitrogen functional groups attached to an aromatic ring is 1. The number of nitrogens with zero attached hydrogens (tertiary/aromatic N) is 2. The van der Waals surface area contributed by atoms with Crippen LogP contribution < -0.4 is 11.3 Å². The van der Waals surface area contributed by atoms with E-state index in [1.807, 2.05) is 0 Å². The summed E-state index contributed by atoms with van der Waals surface area (Å²) < 4.78 is 0. The standard InChI is InChI=1S/C8H9N5O2/c1-15-11-3-4-2-10-6-5(4)7(14)13-8(9)12-6/h2-3H,1H3,(H4,9,10,12,13,14)/b11-3+. The van der Waals surface area contributed by atoms with E-state index in [1.54, 1.807) is 6.20 Å². The van der Waals surface area contributed by atoms with Crippen LogP contribution in [0.4, 0.5) is 5.95 Å². The lowest BCUT2D eigenvalue weighted by molar-refractivity contribution is 0.215. The molecule has 2 heterocycles. The molecule has 0 saturated heterocycles. The van der Waals surface area contributed by atoms with Crippen LogP contribution in [0, 0.1) is 0 Å². The van der Waals surface area contributed by atoms with E-state index in [9.17, 15) is 4.79 Å². The number of nitrogens with two attached hydrogens (primary N) is 1. The van der Waals surface area contributed by atoms with E-state index in [-0.39, 0.29) is 11.5 Å². The van der Waals surface area contributed by atoms with Gasteiger partial charge in [-0.3, -0.25) is 9.78 Å². The summed E-state index contributed by atoms with van der Waals surface area (Å²) in [5.74, 6) is 0.0737. The summed E-state index contributed by atoms with van der Waals surface area (Å²) in [5.41, 5.74) is 6.10. The third-order valence-corrected chi connectivity index (χ3v) is 1.89. The zero-order valence-electron chi connectivity index (χ0n) is 7.94. The number of hydrogen-bond donors (Lipinski definition) is 3. The maximum absolute atomic E-state index is 11.5. The minimum atomic E-state index is -0.309. The van der Waals surface area contributed by atoms with E-state index in [4.69, 9.17) is 5.73 Å². The van der Waals surface area contributed by atoms with E-state index >= 15 is 0 Å². The molecule has 7 heteroatoms. The second kappa shape index (κ2) is 3.45. The van der Waals surface area contributed by atoms with Crippen LogP contribution in [-0.2, 0) is 4.84 Å². The first-order chi connectivity index (χ1) is 7.22. The van der Waals surface area contributed by atoms with Crippen LogP contribution in [0.3, 0.4) is 0 Å². The first-order valence-electron chi connectivity index (χ1n) is 4.16. The molecule has 7 nitrogen and oxygen atoms in total. The Morgan fingerprint density at radius 1 is 1.67 bits per heavy atom. The third kappa shape index (κ3) is 1.54. The highest BCUT2D eigenvalue weighted by atomic mass is 16.6. The van der Waals surface area contributed by atoms with Gasteiger partial charge in [0.2, 0.25) is 5.95 Å². The van der Waals surface area contributed by atoms with Crippen molar-refractivity contribution in [3.8, 4) is 0 Å². The monoisotopic (exact) mass is 207 g/mol. The number of hydrogen-bond acceptors (Lipinski definition) is 5. The third-order valence-electron chi connectivity index (χ3n) is 1.89. The highest BCUT2D eigenvalue weighted by Gasteiger charge is 2.08. The van der Waals surface area contributed by atoms with E-state index < -0.39 is 0 Å². The number of nitrogens with one attached hydrogen (secondary N) is 2. The summed E-state index contributed by atoms with van der Waals surface area (Å²) in [6.07, 6.45) is 3.03. The Balaban J connectivity index is 2.69. The van der Waals surface area contributed by atoms with E-state index in [0.29, 0.717) is 16.6 Å². The van der Waals surface area contributed by atoms with Crippen molar-refractivity contribution in [2.75, 3.05) is 12.8 Å². The van der Waals surface area contributed by atoms with Crippen LogP contribution in [0.1, 0.15) is 5.56 Å². The molecule has 2 rings (SSSR count). The van der Waals surface area contributed by atoms with Gasteiger partial charge in [-0.25, -0.2) is 0 Å². The molecule has 0 aliphatic carbocycles. The lowest BCUT2D eigenvalue weighted by atomic mass is 10.2. The fraction of sp³-hybridized carbons (Fsp3) is 0.125. The van der Waals surface area contributed by atoms with Gasteiger partial charge in [0.05, 0.1) is 11.6 Å². The van der Waals surface area contributed by atoms with Gasteiger partial charge in [0.1, 0.15) is 12.8 Å². The molecule has 2 aromatic rings. The Labute approximate surface area is 84.0 Å². The number of rotatable bonds is 2. The van der Waals surface area contributed by atoms with E-state index in [0.717, 1.165) is 0 Å². The SMILES string of the molecule is CO/N=C/c1c[nH]c2nc(N)[nH]c(=O)c12. The molecule has 0 amide bonds. The second-order valence-electron chi connectivity index (χ2n) is 2.84. The number of H-pyrrole nitrogens is 2. The molecule has 0 unspecified atom stereocenters. The van der Waals surface area contributed by atoms with Gasteiger partial charge >= 0.3 is 0 Å².